The van der Waals surface area contributed by atoms with Crippen molar-refractivity contribution < 1.29 is 19.2 Å². The van der Waals surface area contributed by atoms with Crippen LogP contribution >= 0.6 is 0 Å². The summed E-state index contributed by atoms with van der Waals surface area (Å²) in [6.45, 7) is 0. The highest BCUT2D eigenvalue weighted by molar-refractivity contribution is 5.89. The van der Waals surface area contributed by atoms with Gasteiger partial charge in [0.25, 0.3) is 0 Å². The number of rotatable bonds is 16. The number of carbonyl (C=O) groups excluding carboxylic acids is 4. The molecule has 0 saturated heterocycles. The molecule has 0 aliphatic rings. The standard InChI is InChI=1S/C23H35N3O4/c1-24-23(30)21(12-10-16-28)26(3)20-14-13-19(17-22(20)25(2)18-29)11-8-6-4-5-7-9-15-27/h13-18,21H,4-12H2,1-3H3,(H,24,30). The normalized spacial score (nSPS) is 11.4. The van der Waals surface area contributed by atoms with Gasteiger partial charge in [-0.05, 0) is 43.4 Å². The maximum atomic E-state index is 12.3. The van der Waals surface area contributed by atoms with E-state index in [0.717, 1.165) is 74.4 Å². The van der Waals surface area contributed by atoms with Crippen LogP contribution in [-0.4, -0.2) is 52.1 Å². The van der Waals surface area contributed by atoms with Gasteiger partial charge in [0.05, 0.1) is 11.4 Å². The van der Waals surface area contributed by atoms with Crippen LogP contribution in [0.5, 0.6) is 0 Å². The van der Waals surface area contributed by atoms with E-state index in [1.54, 1.807) is 21.1 Å². The molecule has 0 saturated carbocycles. The average Bonchev–Trinajstić information content (AvgIpc) is 2.77. The summed E-state index contributed by atoms with van der Waals surface area (Å²) in [5.41, 5.74) is 2.63. The van der Waals surface area contributed by atoms with E-state index in [0.29, 0.717) is 12.8 Å². The van der Waals surface area contributed by atoms with Gasteiger partial charge in [-0.2, -0.15) is 0 Å². The highest BCUT2D eigenvalue weighted by Gasteiger charge is 2.24. The van der Waals surface area contributed by atoms with Gasteiger partial charge in [0.2, 0.25) is 12.3 Å². The summed E-state index contributed by atoms with van der Waals surface area (Å²) < 4.78 is 0. The van der Waals surface area contributed by atoms with Crippen LogP contribution in [0.3, 0.4) is 0 Å². The van der Waals surface area contributed by atoms with Crippen molar-refractivity contribution >= 4 is 36.3 Å². The van der Waals surface area contributed by atoms with Gasteiger partial charge < -0.3 is 24.7 Å². The fourth-order valence-electron chi connectivity index (χ4n) is 3.51. The molecule has 2 amide bonds. The lowest BCUT2D eigenvalue weighted by Gasteiger charge is -2.31. The zero-order valence-corrected chi connectivity index (χ0v) is 18.4. The number of hydrogen-bond acceptors (Lipinski definition) is 5. The van der Waals surface area contributed by atoms with Gasteiger partial charge in [0.1, 0.15) is 18.6 Å². The number of likely N-dealkylation sites (N-methyl/N-ethyl adjacent to an activating group) is 2. The lowest BCUT2D eigenvalue weighted by atomic mass is 10.0. The molecule has 1 rings (SSSR count). The number of aldehydes is 2. The Morgan fingerprint density at radius 1 is 0.967 bits per heavy atom. The molecule has 0 aromatic heterocycles. The summed E-state index contributed by atoms with van der Waals surface area (Å²) in [5, 5.41) is 2.65. The number of nitrogens with zero attached hydrogens (tertiary/aromatic N) is 2. The molecule has 1 aromatic rings. The van der Waals surface area contributed by atoms with Gasteiger partial charge in [-0.1, -0.05) is 25.3 Å². The van der Waals surface area contributed by atoms with E-state index in [-0.39, 0.29) is 12.3 Å². The molecule has 7 nitrogen and oxygen atoms in total. The van der Waals surface area contributed by atoms with Crippen LogP contribution in [0, 0.1) is 0 Å². The first-order chi connectivity index (χ1) is 14.5. The number of benzene rings is 1. The van der Waals surface area contributed by atoms with Crippen LogP contribution in [0.2, 0.25) is 0 Å². The number of hydrogen-bond donors (Lipinski definition) is 1. The Labute approximate surface area is 179 Å². The molecular weight excluding hydrogens is 382 g/mol. The van der Waals surface area contributed by atoms with E-state index in [1.165, 1.54) is 4.90 Å². The monoisotopic (exact) mass is 417 g/mol. The fraction of sp³-hybridized carbons (Fsp3) is 0.565. The van der Waals surface area contributed by atoms with Crippen LogP contribution in [0.1, 0.15) is 56.9 Å². The quantitative estimate of drug-likeness (QED) is 0.330. The van der Waals surface area contributed by atoms with Gasteiger partial charge in [-0.3, -0.25) is 9.59 Å². The minimum absolute atomic E-state index is 0.169. The number of anilines is 2. The van der Waals surface area contributed by atoms with Crippen molar-refractivity contribution in [2.75, 3.05) is 30.9 Å². The maximum absolute atomic E-state index is 12.3. The third-order valence-electron chi connectivity index (χ3n) is 5.32. The summed E-state index contributed by atoms with van der Waals surface area (Å²) in [6.07, 6.45) is 10.0. The molecule has 0 aliphatic heterocycles. The molecule has 0 heterocycles. The summed E-state index contributed by atoms with van der Waals surface area (Å²) in [6, 6.07) is 5.45. The van der Waals surface area contributed by atoms with Crippen LogP contribution in [0.4, 0.5) is 11.4 Å². The smallest absolute Gasteiger partial charge is 0.242 e. The zero-order valence-electron chi connectivity index (χ0n) is 18.4. The lowest BCUT2D eigenvalue weighted by molar-refractivity contribution is -0.122. The van der Waals surface area contributed by atoms with Crippen molar-refractivity contribution in [3.8, 4) is 0 Å². The molecule has 0 radical (unpaired) electrons. The molecule has 0 fully saturated rings. The second kappa shape index (κ2) is 14.3. The van der Waals surface area contributed by atoms with E-state index in [2.05, 4.69) is 5.32 Å². The summed E-state index contributed by atoms with van der Waals surface area (Å²) >= 11 is 0. The highest BCUT2D eigenvalue weighted by Crippen LogP contribution is 2.31. The predicted molar refractivity (Wildman–Crippen MR) is 120 cm³/mol. The van der Waals surface area contributed by atoms with Crippen LogP contribution < -0.4 is 15.1 Å². The zero-order chi connectivity index (χ0) is 22.4. The van der Waals surface area contributed by atoms with Gasteiger partial charge in [0, 0.05) is 34.0 Å². The highest BCUT2D eigenvalue weighted by atomic mass is 16.2. The van der Waals surface area contributed by atoms with Gasteiger partial charge in [-0.15, -0.1) is 0 Å². The Bertz CT molecular complexity index is 693. The molecule has 30 heavy (non-hydrogen) atoms. The Morgan fingerprint density at radius 3 is 2.27 bits per heavy atom. The third-order valence-corrected chi connectivity index (χ3v) is 5.32. The molecule has 7 heteroatoms. The maximum Gasteiger partial charge on any atom is 0.242 e. The van der Waals surface area contributed by atoms with Gasteiger partial charge >= 0.3 is 0 Å². The second-order valence-electron chi connectivity index (χ2n) is 7.50. The van der Waals surface area contributed by atoms with Crippen molar-refractivity contribution in [3.63, 3.8) is 0 Å². The largest absolute Gasteiger partial charge is 0.361 e. The first-order valence-electron chi connectivity index (χ1n) is 10.6. The number of carbonyl (C=O) groups is 4. The van der Waals surface area contributed by atoms with Crippen LogP contribution in [0.25, 0.3) is 0 Å². The Kier molecular flexibility index (Phi) is 12.1. The number of nitrogens with one attached hydrogen (secondary N) is 1. The molecule has 1 atom stereocenters. The van der Waals surface area contributed by atoms with Gasteiger partial charge in [-0.25, -0.2) is 0 Å². The number of unbranched alkanes of at least 4 members (excludes halogenated alkanes) is 5. The molecule has 1 unspecified atom stereocenters. The Morgan fingerprint density at radius 2 is 1.63 bits per heavy atom. The van der Waals surface area contributed by atoms with Crippen molar-refractivity contribution in [1.29, 1.82) is 0 Å². The van der Waals surface area contributed by atoms with Crippen molar-refractivity contribution in [2.45, 2.75) is 63.8 Å². The molecule has 0 spiro atoms. The van der Waals surface area contributed by atoms with Crippen molar-refractivity contribution in [1.82, 2.24) is 5.32 Å². The molecule has 166 valence electrons. The van der Waals surface area contributed by atoms with Gasteiger partial charge in [0.15, 0.2) is 0 Å². The predicted octanol–water partition coefficient (Wildman–Crippen LogP) is 2.89. The minimum Gasteiger partial charge on any atom is -0.361 e. The van der Waals surface area contributed by atoms with E-state index in [9.17, 15) is 19.2 Å². The molecular formula is C23H35N3O4. The summed E-state index contributed by atoms with van der Waals surface area (Å²) in [5.74, 6) is -0.169. The topological polar surface area (TPSA) is 86.8 Å². The van der Waals surface area contributed by atoms with E-state index >= 15 is 0 Å². The van der Waals surface area contributed by atoms with E-state index in [4.69, 9.17) is 0 Å². The average molecular weight is 418 g/mol. The van der Waals surface area contributed by atoms with E-state index in [1.807, 2.05) is 23.1 Å². The van der Waals surface area contributed by atoms with Crippen LogP contribution in [-0.2, 0) is 25.6 Å². The van der Waals surface area contributed by atoms with Crippen molar-refractivity contribution in [2.24, 2.45) is 0 Å². The lowest BCUT2D eigenvalue weighted by Crippen LogP contribution is -2.44. The minimum atomic E-state index is -0.504. The molecule has 0 bridgehead atoms. The Hall–Kier alpha value is -2.70. The summed E-state index contributed by atoms with van der Waals surface area (Å²) in [4.78, 5) is 48.3. The Balaban J connectivity index is 2.92. The molecule has 1 N–H and O–H groups in total. The molecule has 0 aliphatic carbocycles. The number of aryl methyl sites for hydroxylation is 1. The van der Waals surface area contributed by atoms with E-state index < -0.39 is 6.04 Å². The second-order valence-corrected chi connectivity index (χ2v) is 7.50. The van der Waals surface area contributed by atoms with Crippen molar-refractivity contribution in [3.05, 3.63) is 23.8 Å². The first kappa shape index (κ1) is 25.3. The number of amides is 2. The summed E-state index contributed by atoms with van der Waals surface area (Å²) in [7, 11) is 5.07. The first-order valence-corrected chi connectivity index (χ1v) is 10.6. The van der Waals surface area contributed by atoms with Crippen LogP contribution in [0.15, 0.2) is 18.2 Å². The third kappa shape index (κ3) is 7.97. The molecule has 1 aromatic carbocycles. The SMILES string of the molecule is CNC(=O)C(CCC=O)N(C)c1ccc(CCCCCCCC=O)cc1N(C)C=O. The fourth-order valence-corrected chi connectivity index (χ4v) is 3.51.